The molecule has 4 rings (SSSR count). The van der Waals surface area contributed by atoms with Crippen molar-refractivity contribution in [3.8, 4) is 22.0 Å². The molecule has 0 amide bonds. The average Bonchev–Trinajstić information content (AvgIpc) is 3.14. The SMILES string of the molecule is Nc1ccc(-c2csc(-c3cc4ccccc4o3)n2)cc1. The molecule has 0 spiro atoms. The van der Waals surface area contributed by atoms with Gasteiger partial charge in [-0.05, 0) is 24.3 Å². The van der Waals surface area contributed by atoms with Gasteiger partial charge in [0.15, 0.2) is 10.8 Å². The number of para-hydroxylation sites is 1. The number of hydrogen-bond donors (Lipinski definition) is 1. The summed E-state index contributed by atoms with van der Waals surface area (Å²) in [7, 11) is 0. The fourth-order valence-corrected chi connectivity index (χ4v) is 3.04. The quantitative estimate of drug-likeness (QED) is 0.540. The normalized spacial score (nSPS) is 11.0. The molecule has 2 aromatic heterocycles. The van der Waals surface area contributed by atoms with E-state index in [9.17, 15) is 0 Å². The minimum Gasteiger partial charge on any atom is -0.454 e. The Balaban J connectivity index is 1.75. The van der Waals surface area contributed by atoms with Crippen LogP contribution >= 0.6 is 11.3 Å². The zero-order valence-corrected chi connectivity index (χ0v) is 11.9. The van der Waals surface area contributed by atoms with Gasteiger partial charge in [0.05, 0.1) is 5.69 Å². The lowest BCUT2D eigenvalue weighted by molar-refractivity contribution is 0.631. The van der Waals surface area contributed by atoms with E-state index in [1.807, 2.05) is 60.0 Å². The lowest BCUT2D eigenvalue weighted by atomic mass is 10.1. The smallest absolute Gasteiger partial charge is 0.164 e. The molecule has 0 aliphatic rings. The fraction of sp³-hybridized carbons (Fsp3) is 0. The standard InChI is InChI=1S/C17H12N2OS/c18-13-7-5-11(6-8-13)14-10-21-17(19-14)16-9-12-3-1-2-4-15(12)20-16/h1-10H,18H2. The van der Waals surface area contributed by atoms with Crippen LogP contribution in [0.2, 0.25) is 0 Å². The lowest BCUT2D eigenvalue weighted by Crippen LogP contribution is -1.84. The first-order valence-electron chi connectivity index (χ1n) is 6.60. The average molecular weight is 292 g/mol. The molecule has 2 heterocycles. The number of nitrogens with two attached hydrogens (primary N) is 1. The molecular formula is C17H12N2OS. The fourth-order valence-electron chi connectivity index (χ4n) is 2.26. The second-order valence-electron chi connectivity index (χ2n) is 4.81. The maximum atomic E-state index is 5.85. The Kier molecular flexibility index (Phi) is 2.75. The number of benzene rings is 2. The van der Waals surface area contributed by atoms with Gasteiger partial charge in [-0.2, -0.15) is 0 Å². The summed E-state index contributed by atoms with van der Waals surface area (Å²) >= 11 is 1.58. The number of thiazole rings is 1. The summed E-state index contributed by atoms with van der Waals surface area (Å²) in [5.74, 6) is 0.808. The monoisotopic (exact) mass is 292 g/mol. The Morgan fingerprint density at radius 2 is 1.81 bits per heavy atom. The van der Waals surface area contributed by atoms with Crippen LogP contribution in [0.4, 0.5) is 5.69 Å². The van der Waals surface area contributed by atoms with Crippen LogP contribution < -0.4 is 5.73 Å². The molecule has 0 aliphatic heterocycles. The summed E-state index contributed by atoms with van der Waals surface area (Å²) in [6.45, 7) is 0. The van der Waals surface area contributed by atoms with E-state index < -0.39 is 0 Å². The summed E-state index contributed by atoms with van der Waals surface area (Å²) in [5.41, 5.74) is 9.35. The molecule has 0 saturated heterocycles. The van der Waals surface area contributed by atoms with Crippen molar-refractivity contribution in [2.45, 2.75) is 0 Å². The molecule has 102 valence electrons. The number of aromatic nitrogens is 1. The van der Waals surface area contributed by atoms with Crippen LogP contribution in [-0.4, -0.2) is 4.98 Å². The van der Waals surface area contributed by atoms with E-state index in [0.29, 0.717) is 0 Å². The molecule has 3 nitrogen and oxygen atoms in total. The number of nitrogen functional groups attached to an aromatic ring is 1. The van der Waals surface area contributed by atoms with Crippen molar-refractivity contribution in [2.24, 2.45) is 0 Å². The van der Waals surface area contributed by atoms with E-state index in [-0.39, 0.29) is 0 Å². The third-order valence-corrected chi connectivity index (χ3v) is 4.20. The Labute approximate surface area is 125 Å². The first-order chi connectivity index (χ1) is 10.3. The number of hydrogen-bond acceptors (Lipinski definition) is 4. The van der Waals surface area contributed by atoms with Crippen molar-refractivity contribution in [2.75, 3.05) is 5.73 Å². The molecule has 4 aromatic rings. The highest BCUT2D eigenvalue weighted by Gasteiger charge is 2.11. The number of rotatable bonds is 2. The first kappa shape index (κ1) is 12.2. The van der Waals surface area contributed by atoms with Crippen LogP contribution in [0.3, 0.4) is 0 Å². The number of furan rings is 1. The van der Waals surface area contributed by atoms with Gasteiger partial charge in [-0.15, -0.1) is 11.3 Å². The Morgan fingerprint density at radius 1 is 1.00 bits per heavy atom. The molecule has 0 unspecified atom stereocenters. The van der Waals surface area contributed by atoms with Gasteiger partial charge in [0.25, 0.3) is 0 Å². The molecule has 0 bridgehead atoms. The predicted octanol–water partition coefficient (Wildman–Crippen LogP) is 4.81. The number of anilines is 1. The number of fused-ring (bicyclic) bond motifs is 1. The third-order valence-electron chi connectivity index (χ3n) is 3.35. The van der Waals surface area contributed by atoms with E-state index in [1.54, 1.807) is 11.3 Å². The van der Waals surface area contributed by atoms with E-state index in [4.69, 9.17) is 10.2 Å². The van der Waals surface area contributed by atoms with E-state index in [2.05, 4.69) is 4.98 Å². The summed E-state index contributed by atoms with van der Waals surface area (Å²) in [4.78, 5) is 4.66. The highest BCUT2D eigenvalue weighted by atomic mass is 32.1. The van der Waals surface area contributed by atoms with Crippen LogP contribution in [0.15, 0.2) is 64.4 Å². The molecule has 0 fully saturated rings. The van der Waals surface area contributed by atoms with Crippen molar-refractivity contribution in [3.63, 3.8) is 0 Å². The largest absolute Gasteiger partial charge is 0.454 e. The maximum absolute atomic E-state index is 5.85. The van der Waals surface area contributed by atoms with Crippen LogP contribution in [0.5, 0.6) is 0 Å². The number of nitrogens with zero attached hydrogens (tertiary/aromatic N) is 1. The summed E-state index contributed by atoms with van der Waals surface area (Å²) in [5, 5.41) is 4.02. The highest BCUT2D eigenvalue weighted by molar-refractivity contribution is 7.13. The molecule has 2 N–H and O–H groups in total. The second-order valence-corrected chi connectivity index (χ2v) is 5.67. The summed E-state index contributed by atoms with van der Waals surface area (Å²) in [6, 6.07) is 17.7. The zero-order chi connectivity index (χ0) is 14.2. The van der Waals surface area contributed by atoms with Crippen molar-refractivity contribution >= 4 is 28.0 Å². The van der Waals surface area contributed by atoms with Crippen molar-refractivity contribution < 1.29 is 4.42 Å². The molecule has 4 heteroatoms. The minimum absolute atomic E-state index is 0.756. The molecule has 0 atom stereocenters. The molecular weight excluding hydrogens is 280 g/mol. The molecule has 0 saturated carbocycles. The van der Waals surface area contributed by atoms with Crippen LogP contribution in [0.1, 0.15) is 0 Å². The van der Waals surface area contributed by atoms with Gasteiger partial charge in [0.1, 0.15) is 5.58 Å². The second kappa shape index (κ2) is 4.75. The van der Waals surface area contributed by atoms with E-state index >= 15 is 0 Å². The van der Waals surface area contributed by atoms with E-state index in [1.165, 1.54) is 0 Å². The third kappa shape index (κ3) is 2.19. The predicted molar refractivity (Wildman–Crippen MR) is 87.2 cm³/mol. The maximum Gasteiger partial charge on any atom is 0.164 e. The van der Waals surface area contributed by atoms with Crippen LogP contribution in [0.25, 0.3) is 33.0 Å². The first-order valence-corrected chi connectivity index (χ1v) is 7.48. The van der Waals surface area contributed by atoms with Crippen molar-refractivity contribution in [3.05, 3.63) is 60.0 Å². The molecule has 0 aliphatic carbocycles. The van der Waals surface area contributed by atoms with Crippen LogP contribution in [-0.2, 0) is 0 Å². The highest BCUT2D eigenvalue weighted by Crippen LogP contribution is 2.32. The zero-order valence-electron chi connectivity index (χ0n) is 11.1. The molecule has 0 radical (unpaired) electrons. The Morgan fingerprint density at radius 3 is 2.62 bits per heavy atom. The van der Waals surface area contributed by atoms with Gasteiger partial charge >= 0.3 is 0 Å². The van der Waals surface area contributed by atoms with Gasteiger partial charge in [-0.25, -0.2) is 4.98 Å². The van der Waals surface area contributed by atoms with Gasteiger partial charge in [-0.1, -0.05) is 30.3 Å². The lowest BCUT2D eigenvalue weighted by Gasteiger charge is -1.96. The molecule has 2 aromatic carbocycles. The topological polar surface area (TPSA) is 52.0 Å². The van der Waals surface area contributed by atoms with Gasteiger partial charge in [-0.3, -0.25) is 0 Å². The van der Waals surface area contributed by atoms with E-state index in [0.717, 1.165) is 38.7 Å². The van der Waals surface area contributed by atoms with Gasteiger partial charge in [0, 0.05) is 22.0 Å². The van der Waals surface area contributed by atoms with Crippen molar-refractivity contribution in [1.82, 2.24) is 4.98 Å². The molecule has 21 heavy (non-hydrogen) atoms. The Bertz CT molecular complexity index is 873. The van der Waals surface area contributed by atoms with Crippen molar-refractivity contribution in [1.29, 1.82) is 0 Å². The summed E-state index contributed by atoms with van der Waals surface area (Å²) < 4.78 is 5.85. The van der Waals surface area contributed by atoms with Crippen LogP contribution in [0, 0.1) is 0 Å². The summed E-state index contributed by atoms with van der Waals surface area (Å²) in [6.07, 6.45) is 0. The minimum atomic E-state index is 0.756. The van der Waals surface area contributed by atoms with Gasteiger partial charge < -0.3 is 10.2 Å². The van der Waals surface area contributed by atoms with Gasteiger partial charge in [0.2, 0.25) is 0 Å². The Hall–Kier alpha value is -2.59.